The maximum absolute atomic E-state index is 12.1. The number of thiophene rings is 1. The summed E-state index contributed by atoms with van der Waals surface area (Å²) >= 11 is 1.53. The van der Waals surface area contributed by atoms with Crippen molar-refractivity contribution >= 4 is 17.2 Å². The zero-order valence-corrected chi connectivity index (χ0v) is 12.4. The van der Waals surface area contributed by atoms with Crippen LogP contribution in [0.3, 0.4) is 0 Å². The molecule has 102 valence electrons. The Balaban J connectivity index is 2.03. The predicted octanol–water partition coefficient (Wildman–Crippen LogP) is 3.42. The highest BCUT2D eigenvalue weighted by atomic mass is 32.1. The van der Waals surface area contributed by atoms with Crippen molar-refractivity contribution in [2.24, 2.45) is 0 Å². The zero-order valence-electron chi connectivity index (χ0n) is 11.6. The molecule has 0 aliphatic carbocycles. The number of hydrogen-bond acceptors (Lipinski definition) is 3. The number of hydrogen-bond donors (Lipinski definition) is 1. The minimum atomic E-state index is -0.0554. The van der Waals surface area contributed by atoms with Crippen molar-refractivity contribution in [3.8, 4) is 6.07 Å². The van der Waals surface area contributed by atoms with Crippen LogP contribution in [-0.2, 0) is 13.0 Å². The molecule has 1 aromatic carbocycles. The second-order valence-corrected chi connectivity index (χ2v) is 5.80. The quantitative estimate of drug-likeness (QED) is 0.935. The summed E-state index contributed by atoms with van der Waals surface area (Å²) in [5.74, 6) is -0.0554. The molecule has 0 atom stereocenters. The number of carbonyl (C=O) groups is 1. The fourth-order valence-corrected chi connectivity index (χ4v) is 3.03. The monoisotopic (exact) mass is 284 g/mol. The summed E-state index contributed by atoms with van der Waals surface area (Å²) in [5.41, 5.74) is 2.77. The molecule has 1 aromatic heterocycles. The van der Waals surface area contributed by atoms with Crippen LogP contribution in [0.25, 0.3) is 0 Å². The van der Waals surface area contributed by atoms with E-state index < -0.39 is 0 Å². The van der Waals surface area contributed by atoms with Crippen LogP contribution >= 0.6 is 11.3 Å². The van der Waals surface area contributed by atoms with Crippen molar-refractivity contribution in [1.82, 2.24) is 5.32 Å². The van der Waals surface area contributed by atoms with Gasteiger partial charge in [0.2, 0.25) is 0 Å². The molecule has 20 heavy (non-hydrogen) atoms. The topological polar surface area (TPSA) is 52.9 Å². The van der Waals surface area contributed by atoms with Crippen LogP contribution < -0.4 is 5.32 Å². The van der Waals surface area contributed by atoms with Crippen LogP contribution in [-0.4, -0.2) is 5.91 Å². The Bertz CT molecular complexity index is 667. The van der Waals surface area contributed by atoms with Gasteiger partial charge in [0.15, 0.2) is 0 Å². The van der Waals surface area contributed by atoms with E-state index in [-0.39, 0.29) is 5.91 Å². The van der Waals surface area contributed by atoms with Gasteiger partial charge in [-0.3, -0.25) is 4.79 Å². The smallest absolute Gasteiger partial charge is 0.261 e. The van der Waals surface area contributed by atoms with Crippen molar-refractivity contribution < 1.29 is 4.79 Å². The van der Waals surface area contributed by atoms with Gasteiger partial charge in [-0.2, -0.15) is 5.26 Å². The second-order valence-electron chi connectivity index (χ2n) is 4.54. The summed E-state index contributed by atoms with van der Waals surface area (Å²) in [6, 6.07) is 11.3. The largest absolute Gasteiger partial charge is 0.347 e. The average Bonchev–Trinajstić information content (AvgIpc) is 2.86. The van der Waals surface area contributed by atoms with E-state index in [1.807, 2.05) is 25.1 Å². The molecule has 0 bridgehead atoms. The minimum absolute atomic E-state index is 0.0554. The van der Waals surface area contributed by atoms with Crippen LogP contribution in [0, 0.1) is 18.3 Å². The molecule has 0 aliphatic rings. The normalized spacial score (nSPS) is 10.1. The van der Waals surface area contributed by atoms with Crippen molar-refractivity contribution in [3.63, 3.8) is 0 Å². The highest BCUT2D eigenvalue weighted by molar-refractivity contribution is 7.14. The lowest BCUT2D eigenvalue weighted by atomic mass is 10.1. The summed E-state index contributed by atoms with van der Waals surface area (Å²) in [6.07, 6.45) is 0.944. The van der Waals surface area contributed by atoms with Gasteiger partial charge in [0.05, 0.1) is 16.5 Å². The number of nitriles is 1. The van der Waals surface area contributed by atoms with Gasteiger partial charge in [-0.1, -0.05) is 19.1 Å². The SMILES string of the molecule is CCc1cc(C(=O)NCc2cccc(C#N)c2)sc1C. The van der Waals surface area contributed by atoms with Crippen LogP contribution in [0.2, 0.25) is 0 Å². The van der Waals surface area contributed by atoms with Gasteiger partial charge in [0.1, 0.15) is 0 Å². The third-order valence-corrected chi connectivity index (χ3v) is 4.23. The second kappa shape index (κ2) is 6.36. The Morgan fingerprint density at radius 3 is 2.85 bits per heavy atom. The summed E-state index contributed by atoms with van der Waals surface area (Å²) in [4.78, 5) is 14.0. The van der Waals surface area contributed by atoms with E-state index in [4.69, 9.17) is 5.26 Å². The minimum Gasteiger partial charge on any atom is -0.347 e. The molecule has 2 aromatic rings. The number of aryl methyl sites for hydroxylation is 2. The Hall–Kier alpha value is -2.12. The Labute approximate surface area is 122 Å². The van der Waals surface area contributed by atoms with E-state index in [1.165, 1.54) is 21.8 Å². The van der Waals surface area contributed by atoms with E-state index in [0.717, 1.165) is 16.9 Å². The number of nitrogens with zero attached hydrogens (tertiary/aromatic N) is 1. The predicted molar refractivity (Wildman–Crippen MR) is 80.8 cm³/mol. The van der Waals surface area contributed by atoms with Crippen LogP contribution in [0.1, 0.15) is 38.2 Å². The summed E-state index contributed by atoms with van der Waals surface area (Å²) in [6.45, 7) is 4.56. The van der Waals surface area contributed by atoms with Crippen LogP contribution in [0.15, 0.2) is 30.3 Å². The molecule has 0 aliphatic heterocycles. The number of benzene rings is 1. The molecule has 2 rings (SSSR count). The summed E-state index contributed by atoms with van der Waals surface area (Å²) in [5, 5.41) is 11.7. The van der Waals surface area contributed by atoms with Gasteiger partial charge in [-0.15, -0.1) is 11.3 Å². The Morgan fingerprint density at radius 1 is 1.40 bits per heavy atom. The first-order chi connectivity index (χ1) is 9.63. The van der Waals surface area contributed by atoms with Crippen molar-refractivity contribution in [1.29, 1.82) is 5.26 Å². The molecular weight excluding hydrogens is 268 g/mol. The van der Waals surface area contributed by atoms with E-state index in [1.54, 1.807) is 12.1 Å². The molecule has 0 saturated carbocycles. The number of carbonyl (C=O) groups excluding carboxylic acids is 1. The first kappa shape index (κ1) is 14.3. The van der Waals surface area contributed by atoms with Crippen molar-refractivity contribution in [2.45, 2.75) is 26.8 Å². The van der Waals surface area contributed by atoms with Gasteiger partial charge in [-0.25, -0.2) is 0 Å². The van der Waals surface area contributed by atoms with Gasteiger partial charge in [0.25, 0.3) is 5.91 Å². The summed E-state index contributed by atoms with van der Waals surface area (Å²) < 4.78 is 0. The fourth-order valence-electron chi connectivity index (χ4n) is 2.00. The zero-order chi connectivity index (χ0) is 14.5. The maximum atomic E-state index is 12.1. The molecule has 1 heterocycles. The van der Waals surface area contributed by atoms with Crippen molar-refractivity contribution in [3.05, 3.63) is 56.8 Å². The Kier molecular flexibility index (Phi) is 4.54. The van der Waals surface area contributed by atoms with E-state index in [0.29, 0.717) is 12.1 Å². The highest BCUT2D eigenvalue weighted by Gasteiger charge is 2.11. The third-order valence-electron chi connectivity index (χ3n) is 3.13. The number of nitrogens with one attached hydrogen (secondary N) is 1. The molecule has 0 spiro atoms. The molecule has 1 N–H and O–H groups in total. The fraction of sp³-hybridized carbons (Fsp3) is 0.250. The molecule has 0 saturated heterocycles. The molecule has 3 nitrogen and oxygen atoms in total. The molecule has 4 heteroatoms. The highest BCUT2D eigenvalue weighted by Crippen LogP contribution is 2.21. The lowest BCUT2D eigenvalue weighted by Crippen LogP contribution is -2.21. The standard InChI is InChI=1S/C16H16N2OS/c1-3-14-8-15(20-11(14)2)16(19)18-10-13-6-4-5-12(7-13)9-17/h4-8H,3,10H2,1-2H3,(H,18,19). The van der Waals surface area contributed by atoms with E-state index in [2.05, 4.69) is 18.3 Å². The maximum Gasteiger partial charge on any atom is 0.261 e. The molecule has 1 amide bonds. The van der Waals surface area contributed by atoms with E-state index in [9.17, 15) is 4.79 Å². The van der Waals surface area contributed by atoms with Crippen LogP contribution in [0.4, 0.5) is 0 Å². The summed E-state index contributed by atoms with van der Waals surface area (Å²) in [7, 11) is 0. The van der Waals surface area contributed by atoms with E-state index >= 15 is 0 Å². The van der Waals surface area contributed by atoms with Crippen LogP contribution in [0.5, 0.6) is 0 Å². The van der Waals surface area contributed by atoms with Gasteiger partial charge in [0, 0.05) is 11.4 Å². The lowest BCUT2D eigenvalue weighted by molar-refractivity contribution is 0.0955. The van der Waals surface area contributed by atoms with Crippen molar-refractivity contribution in [2.75, 3.05) is 0 Å². The molecular formula is C16H16N2OS. The third kappa shape index (κ3) is 3.25. The first-order valence-corrected chi connectivity index (χ1v) is 7.32. The number of rotatable bonds is 4. The molecule has 0 unspecified atom stereocenters. The average molecular weight is 284 g/mol. The Morgan fingerprint density at radius 2 is 2.20 bits per heavy atom. The molecule has 0 fully saturated rings. The molecule has 0 radical (unpaired) electrons. The first-order valence-electron chi connectivity index (χ1n) is 6.50. The van der Waals surface area contributed by atoms with Gasteiger partial charge >= 0.3 is 0 Å². The lowest BCUT2D eigenvalue weighted by Gasteiger charge is -2.04. The number of amides is 1. The van der Waals surface area contributed by atoms with Gasteiger partial charge in [-0.05, 0) is 42.7 Å². The van der Waals surface area contributed by atoms with Gasteiger partial charge < -0.3 is 5.32 Å².